The van der Waals surface area contributed by atoms with Crippen molar-refractivity contribution in [3.8, 4) is 0 Å². The Labute approximate surface area is 144 Å². The highest BCUT2D eigenvalue weighted by Crippen LogP contribution is 2.36. The highest BCUT2D eigenvalue weighted by Gasteiger charge is 2.34. The first-order valence-corrected chi connectivity index (χ1v) is 8.28. The van der Waals surface area contributed by atoms with Crippen molar-refractivity contribution in [2.75, 3.05) is 18.0 Å². The van der Waals surface area contributed by atoms with Crippen molar-refractivity contribution >= 4 is 5.82 Å². The van der Waals surface area contributed by atoms with Crippen LogP contribution >= 0.6 is 0 Å². The lowest BCUT2D eigenvalue weighted by Gasteiger charge is -2.31. The monoisotopic (exact) mass is 351 g/mol. The first-order valence-electron chi connectivity index (χ1n) is 8.28. The van der Waals surface area contributed by atoms with E-state index in [2.05, 4.69) is 11.9 Å². The molecule has 0 spiro atoms. The number of anilines is 1. The number of hydrogen-bond donors (Lipinski definition) is 0. The zero-order valence-corrected chi connectivity index (χ0v) is 13.7. The molecule has 1 aromatic heterocycles. The molecule has 25 heavy (non-hydrogen) atoms. The normalized spacial score (nSPS) is 16.8. The minimum Gasteiger partial charge on any atom is -0.356 e. The second-order valence-corrected chi connectivity index (χ2v) is 6.23. The van der Waals surface area contributed by atoms with E-state index < -0.39 is 23.6 Å². The molecule has 0 bridgehead atoms. The largest absolute Gasteiger partial charge is 0.433 e. The van der Waals surface area contributed by atoms with Gasteiger partial charge in [0.2, 0.25) is 0 Å². The van der Waals surface area contributed by atoms with Crippen LogP contribution in [0.3, 0.4) is 0 Å². The van der Waals surface area contributed by atoms with Crippen molar-refractivity contribution in [1.82, 2.24) is 4.98 Å². The van der Waals surface area contributed by atoms with Crippen molar-refractivity contribution in [2.45, 2.75) is 31.4 Å². The fraction of sp³-hybridized carbons (Fsp3) is 0.368. The summed E-state index contributed by atoms with van der Waals surface area (Å²) >= 11 is 0. The Morgan fingerprint density at radius 2 is 1.64 bits per heavy atom. The summed E-state index contributed by atoms with van der Waals surface area (Å²) in [6.07, 6.45) is -1.67. The molecule has 3 rings (SSSR count). The Balaban J connectivity index is 2.07. The first kappa shape index (κ1) is 17.7. The number of aromatic nitrogens is 1. The van der Waals surface area contributed by atoms with Crippen LogP contribution in [0.1, 0.15) is 42.0 Å². The van der Waals surface area contributed by atoms with Crippen LogP contribution in [0.25, 0.3) is 0 Å². The molecule has 1 radical (unpaired) electrons. The average Bonchev–Trinajstić information content (AvgIpc) is 2.61. The molecule has 0 aliphatic carbocycles. The highest BCUT2D eigenvalue weighted by atomic mass is 19.4. The van der Waals surface area contributed by atoms with Crippen molar-refractivity contribution in [3.63, 3.8) is 0 Å². The van der Waals surface area contributed by atoms with Crippen molar-refractivity contribution in [1.29, 1.82) is 0 Å². The van der Waals surface area contributed by atoms with Gasteiger partial charge in [0.1, 0.15) is 17.3 Å². The van der Waals surface area contributed by atoms with E-state index in [4.69, 9.17) is 0 Å². The number of hydrogen-bond acceptors (Lipinski definition) is 2. The molecule has 1 aromatic carbocycles. The number of benzene rings is 1. The van der Waals surface area contributed by atoms with Crippen LogP contribution in [0.5, 0.6) is 0 Å². The lowest BCUT2D eigenvalue weighted by Crippen LogP contribution is -2.32. The Hall–Kier alpha value is -2.11. The molecule has 1 fully saturated rings. The third kappa shape index (κ3) is 3.78. The molecule has 1 atom stereocenters. The zero-order valence-electron chi connectivity index (χ0n) is 13.7. The van der Waals surface area contributed by atoms with Crippen LogP contribution in [-0.4, -0.2) is 18.1 Å². The van der Waals surface area contributed by atoms with Gasteiger partial charge in [-0.3, -0.25) is 0 Å². The summed E-state index contributed by atoms with van der Waals surface area (Å²) in [7, 11) is 0. The number of halogens is 4. The Morgan fingerprint density at radius 3 is 2.28 bits per heavy atom. The lowest BCUT2D eigenvalue weighted by atomic mass is 9.92. The smallest absolute Gasteiger partial charge is 0.356 e. The zero-order chi connectivity index (χ0) is 18.0. The molecule has 0 saturated carbocycles. The third-order valence-electron chi connectivity index (χ3n) is 4.51. The molecule has 2 heterocycles. The number of rotatable bonds is 3. The fourth-order valence-electron chi connectivity index (χ4n) is 3.17. The van der Waals surface area contributed by atoms with Gasteiger partial charge in [-0.25, -0.2) is 9.37 Å². The molecule has 0 N–H and O–H groups in total. The summed E-state index contributed by atoms with van der Waals surface area (Å²) in [4.78, 5) is 5.74. The highest BCUT2D eigenvalue weighted by molar-refractivity contribution is 5.53. The summed E-state index contributed by atoms with van der Waals surface area (Å²) in [5.74, 6) is -0.794. The van der Waals surface area contributed by atoms with Gasteiger partial charge >= 0.3 is 6.18 Å². The van der Waals surface area contributed by atoms with E-state index in [-0.39, 0.29) is 5.82 Å². The quantitative estimate of drug-likeness (QED) is 0.707. The van der Waals surface area contributed by atoms with Gasteiger partial charge in [0.05, 0.1) is 0 Å². The van der Waals surface area contributed by atoms with Gasteiger partial charge in [-0.1, -0.05) is 24.3 Å². The molecule has 6 heteroatoms. The van der Waals surface area contributed by atoms with Crippen LogP contribution in [0.15, 0.2) is 36.4 Å². The van der Waals surface area contributed by atoms with Crippen molar-refractivity contribution < 1.29 is 17.6 Å². The SMILES string of the molecule is [CH2]C(c1ccccc1F)c1ccc(C(F)(F)F)nc1N1CCCCC1. The molecule has 0 amide bonds. The number of piperidine rings is 1. The maximum atomic E-state index is 14.1. The maximum Gasteiger partial charge on any atom is 0.433 e. The van der Waals surface area contributed by atoms with Crippen molar-refractivity contribution in [3.05, 3.63) is 66.0 Å². The number of alkyl halides is 3. The summed E-state index contributed by atoms with van der Waals surface area (Å²) in [6, 6.07) is 8.51. The van der Waals surface area contributed by atoms with E-state index in [1.165, 1.54) is 12.1 Å². The van der Waals surface area contributed by atoms with Gasteiger partial charge in [0.25, 0.3) is 0 Å². The predicted octanol–water partition coefficient (Wildman–Crippen LogP) is 5.20. The van der Waals surface area contributed by atoms with E-state index in [9.17, 15) is 17.6 Å². The van der Waals surface area contributed by atoms with E-state index in [1.54, 1.807) is 18.2 Å². The summed E-state index contributed by atoms with van der Waals surface area (Å²) in [5, 5.41) is 0. The average molecular weight is 351 g/mol. The van der Waals surface area contributed by atoms with Gasteiger partial charge in [0.15, 0.2) is 0 Å². The van der Waals surface area contributed by atoms with Gasteiger partial charge in [-0.05, 0) is 43.9 Å². The second kappa shape index (κ2) is 7.02. The van der Waals surface area contributed by atoms with Crippen LogP contribution < -0.4 is 4.90 Å². The molecule has 1 saturated heterocycles. The molecule has 133 valence electrons. The van der Waals surface area contributed by atoms with Crippen LogP contribution in [0.4, 0.5) is 23.4 Å². The minimum absolute atomic E-state index is 0.262. The molecular weight excluding hydrogens is 332 g/mol. The minimum atomic E-state index is -4.52. The van der Waals surface area contributed by atoms with E-state index in [1.807, 2.05) is 4.90 Å². The second-order valence-electron chi connectivity index (χ2n) is 6.23. The maximum absolute atomic E-state index is 14.1. The molecule has 2 nitrogen and oxygen atoms in total. The van der Waals surface area contributed by atoms with E-state index >= 15 is 0 Å². The van der Waals surface area contributed by atoms with Crippen molar-refractivity contribution in [2.24, 2.45) is 0 Å². The first-order chi connectivity index (χ1) is 11.9. The lowest BCUT2D eigenvalue weighted by molar-refractivity contribution is -0.141. The molecule has 1 aliphatic heterocycles. The summed E-state index contributed by atoms with van der Waals surface area (Å²) in [6.45, 7) is 5.29. The third-order valence-corrected chi connectivity index (χ3v) is 4.51. The van der Waals surface area contributed by atoms with Crippen LogP contribution in [-0.2, 0) is 6.18 Å². The van der Waals surface area contributed by atoms with Gasteiger partial charge in [-0.2, -0.15) is 13.2 Å². The van der Waals surface area contributed by atoms with Crippen LogP contribution in [0, 0.1) is 12.7 Å². The van der Waals surface area contributed by atoms with E-state index in [0.717, 1.165) is 25.3 Å². The predicted molar refractivity (Wildman–Crippen MR) is 88.9 cm³/mol. The van der Waals surface area contributed by atoms with Gasteiger partial charge in [0, 0.05) is 24.6 Å². The fourth-order valence-corrected chi connectivity index (χ4v) is 3.17. The number of nitrogens with zero attached hydrogens (tertiary/aromatic N) is 2. The Morgan fingerprint density at radius 1 is 0.960 bits per heavy atom. The van der Waals surface area contributed by atoms with Gasteiger partial charge in [-0.15, -0.1) is 0 Å². The standard InChI is InChI=1S/C19H19F4N2/c1-13(14-7-3-4-8-16(14)20)15-9-10-17(19(21,22)23)24-18(15)25-11-5-2-6-12-25/h3-4,7-10,13H,1-2,5-6,11-12H2. The Kier molecular flexibility index (Phi) is 4.97. The Bertz CT molecular complexity index is 736. The topological polar surface area (TPSA) is 16.1 Å². The van der Waals surface area contributed by atoms with E-state index in [0.29, 0.717) is 24.2 Å². The molecule has 2 aromatic rings. The van der Waals surface area contributed by atoms with Gasteiger partial charge < -0.3 is 4.90 Å². The van der Waals surface area contributed by atoms with Crippen LogP contribution in [0.2, 0.25) is 0 Å². The molecule has 1 aliphatic rings. The summed E-state index contributed by atoms with van der Waals surface area (Å²) < 4.78 is 53.4. The molecular formula is C19H19F4N2. The molecule has 1 unspecified atom stereocenters. The number of pyridine rings is 1. The summed E-state index contributed by atoms with van der Waals surface area (Å²) in [5.41, 5.74) is -0.0696.